The summed E-state index contributed by atoms with van der Waals surface area (Å²) < 4.78 is 39.1. The minimum Gasteiger partial charge on any atom is -0.354 e. The maximum Gasteiger partial charge on any atom is 0.417 e. The first-order valence-corrected chi connectivity index (χ1v) is 7.01. The van der Waals surface area contributed by atoms with Gasteiger partial charge in [0.1, 0.15) is 0 Å². The molecule has 1 heterocycles. The number of hydrogen-bond donors (Lipinski definition) is 2. The van der Waals surface area contributed by atoms with Gasteiger partial charge < -0.3 is 10.6 Å². The molecule has 0 radical (unpaired) electrons. The Morgan fingerprint density at radius 3 is 2.67 bits per heavy atom. The van der Waals surface area contributed by atoms with Gasteiger partial charge in [0.2, 0.25) is 5.91 Å². The number of hydrogen-bond acceptors (Lipinski definition) is 2. The van der Waals surface area contributed by atoms with Gasteiger partial charge >= 0.3 is 6.18 Å². The Kier molecular flexibility index (Phi) is 4.55. The second-order valence-electron chi connectivity index (χ2n) is 4.70. The monoisotopic (exact) mass is 364 g/mol. The van der Waals surface area contributed by atoms with E-state index in [9.17, 15) is 22.8 Å². The van der Waals surface area contributed by atoms with Crippen molar-refractivity contribution in [2.75, 3.05) is 6.54 Å². The van der Waals surface area contributed by atoms with Crippen LogP contribution in [0.15, 0.2) is 22.7 Å². The lowest BCUT2D eigenvalue weighted by Crippen LogP contribution is -2.48. The first-order valence-electron chi connectivity index (χ1n) is 6.21. The molecule has 0 bridgehead atoms. The Bertz CT molecular complexity index is 565. The van der Waals surface area contributed by atoms with Crippen molar-refractivity contribution < 1.29 is 22.8 Å². The average molecular weight is 365 g/mol. The van der Waals surface area contributed by atoms with Crippen LogP contribution in [0.4, 0.5) is 13.2 Å². The van der Waals surface area contributed by atoms with Gasteiger partial charge in [-0.05, 0) is 24.6 Å². The molecule has 0 aliphatic carbocycles. The number of amides is 2. The van der Waals surface area contributed by atoms with Gasteiger partial charge in [0.25, 0.3) is 5.91 Å². The normalized spacial score (nSPS) is 19.0. The van der Waals surface area contributed by atoms with Crippen molar-refractivity contribution in [1.29, 1.82) is 0 Å². The molecule has 4 nitrogen and oxygen atoms in total. The summed E-state index contributed by atoms with van der Waals surface area (Å²) in [4.78, 5) is 23.0. The van der Waals surface area contributed by atoms with E-state index in [2.05, 4.69) is 26.6 Å². The van der Waals surface area contributed by atoms with E-state index >= 15 is 0 Å². The number of carbonyl (C=O) groups excluding carboxylic acids is 2. The molecule has 8 heteroatoms. The van der Waals surface area contributed by atoms with Crippen LogP contribution in [0.1, 0.15) is 28.8 Å². The highest BCUT2D eigenvalue weighted by Crippen LogP contribution is 2.33. The van der Waals surface area contributed by atoms with Crippen molar-refractivity contribution in [2.24, 2.45) is 0 Å². The molecular weight excluding hydrogens is 353 g/mol. The number of piperidine rings is 1. The molecule has 2 rings (SSSR count). The minimum absolute atomic E-state index is 0.125. The number of nitrogens with one attached hydrogen (secondary N) is 2. The fourth-order valence-electron chi connectivity index (χ4n) is 2.07. The molecule has 0 spiro atoms. The van der Waals surface area contributed by atoms with Crippen LogP contribution in [-0.4, -0.2) is 24.4 Å². The highest BCUT2D eigenvalue weighted by Gasteiger charge is 2.35. The average Bonchev–Trinajstić information content (AvgIpc) is 2.40. The first kappa shape index (κ1) is 15.8. The third kappa shape index (κ3) is 3.96. The molecule has 21 heavy (non-hydrogen) atoms. The van der Waals surface area contributed by atoms with E-state index in [1.54, 1.807) is 0 Å². The molecule has 1 atom stereocenters. The molecule has 2 amide bonds. The molecule has 2 N–H and O–H groups in total. The number of alkyl halides is 3. The molecule has 1 saturated heterocycles. The second kappa shape index (κ2) is 6.05. The fourth-order valence-corrected chi connectivity index (χ4v) is 2.43. The molecule has 114 valence electrons. The lowest BCUT2D eigenvalue weighted by atomic mass is 10.0. The summed E-state index contributed by atoms with van der Waals surface area (Å²) in [6.07, 6.45) is -3.95. The van der Waals surface area contributed by atoms with Crippen molar-refractivity contribution in [2.45, 2.75) is 25.1 Å². The standard InChI is InChI=1S/C13H12BrF3N2O2/c14-7-1-3-9(10(5-7)13(15,16)17)12(21)19-8-2-4-11(20)18-6-8/h1,3,5,8H,2,4,6H2,(H,18,20)(H,19,21). The molecule has 1 aliphatic heterocycles. The summed E-state index contributed by atoms with van der Waals surface area (Å²) in [5, 5.41) is 5.08. The van der Waals surface area contributed by atoms with E-state index in [0.29, 0.717) is 6.42 Å². The lowest BCUT2D eigenvalue weighted by Gasteiger charge is -2.24. The van der Waals surface area contributed by atoms with E-state index in [4.69, 9.17) is 0 Å². The molecule has 1 aromatic rings. The van der Waals surface area contributed by atoms with Crippen LogP contribution in [0.2, 0.25) is 0 Å². The minimum atomic E-state index is -4.61. The summed E-state index contributed by atoms with van der Waals surface area (Å²) in [7, 11) is 0. The van der Waals surface area contributed by atoms with Gasteiger partial charge in [-0.25, -0.2) is 0 Å². The SMILES string of the molecule is O=C1CCC(NC(=O)c2ccc(Br)cc2C(F)(F)F)CN1. The molecule has 1 unspecified atom stereocenters. The van der Waals surface area contributed by atoms with Crippen molar-refractivity contribution in [3.05, 3.63) is 33.8 Å². The molecule has 0 saturated carbocycles. The third-order valence-electron chi connectivity index (χ3n) is 3.13. The van der Waals surface area contributed by atoms with Crippen molar-refractivity contribution in [3.63, 3.8) is 0 Å². The highest BCUT2D eigenvalue weighted by molar-refractivity contribution is 9.10. The molecule has 1 aliphatic rings. The zero-order valence-electron chi connectivity index (χ0n) is 10.8. The van der Waals surface area contributed by atoms with Gasteiger partial charge in [-0.1, -0.05) is 15.9 Å². The topological polar surface area (TPSA) is 58.2 Å². The van der Waals surface area contributed by atoms with E-state index in [1.165, 1.54) is 6.07 Å². The Balaban J connectivity index is 2.17. The number of rotatable bonds is 2. The van der Waals surface area contributed by atoms with Crippen LogP contribution in [-0.2, 0) is 11.0 Å². The van der Waals surface area contributed by atoms with Crippen LogP contribution < -0.4 is 10.6 Å². The van der Waals surface area contributed by atoms with Crippen molar-refractivity contribution >= 4 is 27.7 Å². The second-order valence-corrected chi connectivity index (χ2v) is 5.62. The Labute approximate surface area is 127 Å². The maximum atomic E-state index is 13.0. The number of carbonyl (C=O) groups is 2. The zero-order valence-corrected chi connectivity index (χ0v) is 12.3. The number of halogens is 4. The van der Waals surface area contributed by atoms with Crippen LogP contribution in [0.3, 0.4) is 0 Å². The predicted octanol–water partition coefficient (Wildman–Crippen LogP) is 2.48. The highest BCUT2D eigenvalue weighted by atomic mass is 79.9. The van der Waals surface area contributed by atoms with Crippen LogP contribution in [0.25, 0.3) is 0 Å². The van der Waals surface area contributed by atoms with Crippen LogP contribution in [0, 0.1) is 0 Å². The molecule has 1 fully saturated rings. The van der Waals surface area contributed by atoms with Gasteiger partial charge in [-0.2, -0.15) is 13.2 Å². The Hall–Kier alpha value is -1.57. The van der Waals surface area contributed by atoms with Gasteiger partial charge in [-0.3, -0.25) is 9.59 Å². The van der Waals surface area contributed by atoms with E-state index in [1.807, 2.05) is 0 Å². The van der Waals surface area contributed by atoms with Crippen LogP contribution in [0.5, 0.6) is 0 Å². The van der Waals surface area contributed by atoms with Gasteiger partial charge in [-0.15, -0.1) is 0 Å². The molecule has 1 aromatic carbocycles. The molecule has 0 aromatic heterocycles. The molecular formula is C13H12BrF3N2O2. The number of benzene rings is 1. The van der Waals surface area contributed by atoms with Gasteiger partial charge in [0.15, 0.2) is 0 Å². The third-order valence-corrected chi connectivity index (χ3v) is 3.63. The van der Waals surface area contributed by atoms with E-state index in [-0.39, 0.29) is 29.4 Å². The van der Waals surface area contributed by atoms with E-state index < -0.39 is 23.2 Å². The quantitative estimate of drug-likeness (QED) is 0.846. The van der Waals surface area contributed by atoms with Crippen molar-refractivity contribution in [3.8, 4) is 0 Å². The summed E-state index contributed by atoms with van der Waals surface area (Å²) in [6, 6.07) is 3.02. The fraction of sp³-hybridized carbons (Fsp3) is 0.385. The first-order chi connectivity index (χ1) is 9.77. The van der Waals surface area contributed by atoms with E-state index in [0.717, 1.165) is 12.1 Å². The smallest absolute Gasteiger partial charge is 0.354 e. The van der Waals surface area contributed by atoms with Crippen LogP contribution >= 0.6 is 15.9 Å². The zero-order chi connectivity index (χ0) is 15.6. The lowest BCUT2D eigenvalue weighted by molar-refractivity contribution is -0.138. The van der Waals surface area contributed by atoms with Crippen molar-refractivity contribution in [1.82, 2.24) is 10.6 Å². The predicted molar refractivity (Wildman–Crippen MR) is 72.6 cm³/mol. The summed E-state index contributed by atoms with van der Waals surface area (Å²) in [5.41, 5.74) is -1.42. The Morgan fingerprint density at radius 2 is 2.10 bits per heavy atom. The largest absolute Gasteiger partial charge is 0.417 e. The maximum absolute atomic E-state index is 13.0. The van der Waals surface area contributed by atoms with Gasteiger partial charge in [0.05, 0.1) is 11.1 Å². The summed E-state index contributed by atoms with van der Waals surface area (Å²) in [6.45, 7) is 0.225. The Morgan fingerprint density at radius 1 is 1.38 bits per heavy atom. The summed E-state index contributed by atoms with van der Waals surface area (Å²) in [5.74, 6) is -0.920. The summed E-state index contributed by atoms with van der Waals surface area (Å²) >= 11 is 2.96. The van der Waals surface area contributed by atoms with Gasteiger partial charge in [0, 0.05) is 23.5 Å².